The summed E-state index contributed by atoms with van der Waals surface area (Å²) in [7, 11) is 0.461. The van der Waals surface area contributed by atoms with Gasteiger partial charge in [-0.1, -0.05) is 0 Å². The fourth-order valence-electron chi connectivity index (χ4n) is 2.42. The van der Waals surface area contributed by atoms with Crippen molar-refractivity contribution in [3.05, 3.63) is 29.6 Å². The molecule has 0 aliphatic carbocycles. The van der Waals surface area contributed by atoms with Gasteiger partial charge in [0.15, 0.2) is 0 Å². The molecular weight excluding hydrogens is 262 g/mol. The molecule has 0 N–H and O–H groups in total. The monoisotopic (exact) mass is 280 g/mol. The Labute approximate surface area is 118 Å². The minimum atomic E-state index is -0.821. The van der Waals surface area contributed by atoms with Gasteiger partial charge in [-0.15, -0.1) is 0 Å². The van der Waals surface area contributed by atoms with Gasteiger partial charge in [0.25, 0.3) is 0 Å². The number of ether oxygens (including phenoxy) is 1. The normalized spacial score (nSPS) is 21.6. The highest BCUT2D eigenvalue weighted by atomic mass is 19.1. The van der Waals surface area contributed by atoms with E-state index in [1.807, 2.05) is 20.8 Å². The van der Waals surface area contributed by atoms with E-state index in [0.717, 1.165) is 6.42 Å². The summed E-state index contributed by atoms with van der Waals surface area (Å²) in [5, 5.41) is 0. The zero-order chi connectivity index (χ0) is 14.9. The molecule has 4 nitrogen and oxygen atoms in total. The Morgan fingerprint density at radius 2 is 2.20 bits per heavy atom. The summed E-state index contributed by atoms with van der Waals surface area (Å²) in [5.41, 5.74) is 0.0791. The smallest absolute Gasteiger partial charge is 0.465 e. The molecule has 0 radical (unpaired) electrons. The molecule has 1 fully saturated rings. The van der Waals surface area contributed by atoms with Crippen molar-refractivity contribution < 1.29 is 23.2 Å². The molecule has 1 aliphatic heterocycles. The summed E-state index contributed by atoms with van der Waals surface area (Å²) < 4.78 is 30.0. The van der Waals surface area contributed by atoms with Crippen molar-refractivity contribution in [1.82, 2.24) is 0 Å². The quantitative estimate of drug-likeness (QED) is 0.613. The van der Waals surface area contributed by atoms with Gasteiger partial charge in [0, 0.05) is 11.6 Å². The van der Waals surface area contributed by atoms with E-state index in [2.05, 4.69) is 4.74 Å². The van der Waals surface area contributed by atoms with Crippen LogP contribution in [-0.4, -0.2) is 31.9 Å². The fraction of sp³-hybridized carbons (Fsp3) is 0.500. The minimum Gasteiger partial charge on any atom is -0.465 e. The Kier molecular flexibility index (Phi) is 4.15. The molecule has 0 bridgehead atoms. The van der Waals surface area contributed by atoms with Crippen molar-refractivity contribution in [2.24, 2.45) is 0 Å². The van der Waals surface area contributed by atoms with Crippen LogP contribution in [0.25, 0.3) is 0 Å². The Morgan fingerprint density at radius 1 is 1.50 bits per heavy atom. The van der Waals surface area contributed by atoms with Crippen molar-refractivity contribution >= 4 is 18.6 Å². The van der Waals surface area contributed by atoms with Crippen LogP contribution in [0.3, 0.4) is 0 Å². The second kappa shape index (κ2) is 5.54. The third-order valence-electron chi connectivity index (χ3n) is 3.23. The van der Waals surface area contributed by atoms with Crippen LogP contribution < -0.4 is 5.46 Å². The second-order valence-electron chi connectivity index (χ2n) is 5.59. The molecule has 1 heterocycles. The molecular formula is C14H18BFO4. The highest BCUT2D eigenvalue weighted by Crippen LogP contribution is 2.26. The summed E-state index contributed by atoms with van der Waals surface area (Å²) in [6.07, 6.45) is 0.673. The molecule has 0 aromatic heterocycles. The van der Waals surface area contributed by atoms with Crippen molar-refractivity contribution in [3.8, 4) is 0 Å². The van der Waals surface area contributed by atoms with Gasteiger partial charge in [0.1, 0.15) is 5.82 Å². The Morgan fingerprint density at radius 3 is 2.80 bits per heavy atom. The molecule has 0 amide bonds. The molecule has 1 saturated heterocycles. The maximum atomic E-state index is 14.0. The third-order valence-corrected chi connectivity index (χ3v) is 3.23. The first-order chi connectivity index (χ1) is 9.32. The number of methoxy groups -OCH3 is 1. The van der Waals surface area contributed by atoms with Crippen molar-refractivity contribution in [1.29, 1.82) is 0 Å². The molecule has 20 heavy (non-hydrogen) atoms. The van der Waals surface area contributed by atoms with Gasteiger partial charge >= 0.3 is 13.1 Å². The summed E-state index contributed by atoms with van der Waals surface area (Å²) in [6, 6.07) is 4.02. The van der Waals surface area contributed by atoms with Crippen LogP contribution in [0.5, 0.6) is 0 Å². The Balaban J connectivity index is 2.33. The first-order valence-electron chi connectivity index (χ1n) is 6.53. The molecule has 1 aromatic rings. The van der Waals surface area contributed by atoms with Gasteiger partial charge in [-0.25, -0.2) is 9.18 Å². The zero-order valence-corrected chi connectivity index (χ0v) is 12.1. The minimum absolute atomic E-state index is 0.0510. The topological polar surface area (TPSA) is 44.8 Å². The number of rotatable bonds is 2. The summed E-state index contributed by atoms with van der Waals surface area (Å²) in [4.78, 5) is 11.5. The number of hydrogen-bond donors (Lipinski definition) is 0. The first kappa shape index (κ1) is 15.0. The second-order valence-corrected chi connectivity index (χ2v) is 5.59. The maximum absolute atomic E-state index is 14.0. The van der Waals surface area contributed by atoms with Crippen LogP contribution in [0.2, 0.25) is 0 Å². The van der Waals surface area contributed by atoms with Crippen LogP contribution in [-0.2, 0) is 14.0 Å². The van der Waals surface area contributed by atoms with E-state index < -0.39 is 24.5 Å². The van der Waals surface area contributed by atoms with Crippen LogP contribution >= 0.6 is 0 Å². The molecule has 1 unspecified atom stereocenters. The van der Waals surface area contributed by atoms with Gasteiger partial charge in [-0.3, -0.25) is 0 Å². The molecule has 6 heteroatoms. The van der Waals surface area contributed by atoms with Crippen LogP contribution in [0, 0.1) is 5.82 Å². The van der Waals surface area contributed by atoms with E-state index in [1.54, 1.807) is 0 Å². The summed E-state index contributed by atoms with van der Waals surface area (Å²) >= 11 is 0. The Hall–Kier alpha value is -1.40. The van der Waals surface area contributed by atoms with Crippen molar-refractivity contribution in [3.63, 3.8) is 0 Å². The summed E-state index contributed by atoms with van der Waals surface area (Å²) in [5.74, 6) is -0.984. The number of halogens is 1. The summed E-state index contributed by atoms with van der Waals surface area (Å²) in [6.45, 7) is 5.78. The van der Waals surface area contributed by atoms with E-state index >= 15 is 0 Å². The van der Waals surface area contributed by atoms with Gasteiger partial charge in [0.05, 0.1) is 18.3 Å². The standard InChI is InChI=1S/C14H18BFO4/c1-9-8-14(2,3)20-15(19-9)11-7-10(13(17)18-4)5-6-12(11)16/h5-7,9H,8H2,1-4H3. The van der Waals surface area contributed by atoms with Gasteiger partial charge in [-0.2, -0.15) is 0 Å². The molecule has 2 rings (SSSR count). The molecule has 1 atom stereocenters. The van der Waals surface area contributed by atoms with Crippen molar-refractivity contribution in [2.45, 2.75) is 38.9 Å². The average molecular weight is 280 g/mol. The van der Waals surface area contributed by atoms with E-state index in [1.165, 1.54) is 25.3 Å². The SMILES string of the molecule is COC(=O)c1ccc(F)c(B2OC(C)CC(C)(C)O2)c1. The largest absolute Gasteiger partial charge is 0.497 e. The Bertz CT molecular complexity index is 518. The molecule has 0 saturated carbocycles. The highest BCUT2D eigenvalue weighted by Gasteiger charge is 2.39. The number of hydrogen-bond acceptors (Lipinski definition) is 4. The maximum Gasteiger partial charge on any atom is 0.497 e. The van der Waals surface area contributed by atoms with E-state index in [9.17, 15) is 9.18 Å². The molecule has 1 aliphatic rings. The molecule has 0 spiro atoms. The number of carbonyl (C=O) groups excluding carboxylic acids is 1. The number of benzene rings is 1. The van der Waals surface area contributed by atoms with Gasteiger partial charge in [0.2, 0.25) is 0 Å². The highest BCUT2D eigenvalue weighted by molar-refractivity contribution is 6.61. The lowest BCUT2D eigenvalue weighted by Gasteiger charge is -2.38. The molecule has 108 valence electrons. The van der Waals surface area contributed by atoms with E-state index in [0.29, 0.717) is 0 Å². The lowest BCUT2D eigenvalue weighted by Crippen LogP contribution is -2.52. The average Bonchev–Trinajstić information content (AvgIpc) is 2.36. The van der Waals surface area contributed by atoms with Crippen LogP contribution in [0.15, 0.2) is 18.2 Å². The molecule has 1 aromatic carbocycles. The first-order valence-corrected chi connectivity index (χ1v) is 6.53. The van der Waals surface area contributed by atoms with E-state index in [-0.39, 0.29) is 17.1 Å². The fourth-order valence-corrected chi connectivity index (χ4v) is 2.42. The third kappa shape index (κ3) is 3.19. The predicted octanol–water partition coefficient (Wildman–Crippen LogP) is 1.91. The predicted molar refractivity (Wildman–Crippen MR) is 73.5 cm³/mol. The van der Waals surface area contributed by atoms with E-state index in [4.69, 9.17) is 9.31 Å². The number of carbonyl (C=O) groups is 1. The van der Waals surface area contributed by atoms with Crippen LogP contribution in [0.4, 0.5) is 4.39 Å². The zero-order valence-electron chi connectivity index (χ0n) is 12.1. The van der Waals surface area contributed by atoms with Gasteiger partial charge in [-0.05, 0) is 45.4 Å². The van der Waals surface area contributed by atoms with Crippen molar-refractivity contribution in [2.75, 3.05) is 7.11 Å². The van der Waals surface area contributed by atoms with Gasteiger partial charge < -0.3 is 14.0 Å². The number of esters is 1. The lowest BCUT2D eigenvalue weighted by molar-refractivity contribution is -0.0232. The van der Waals surface area contributed by atoms with Crippen LogP contribution in [0.1, 0.15) is 37.6 Å². The lowest BCUT2D eigenvalue weighted by atomic mass is 9.74.